The molecule has 1 aromatic heterocycles. The molecule has 1 aromatic carbocycles. The van der Waals surface area contributed by atoms with E-state index in [-0.39, 0.29) is 5.91 Å². The number of hydrogen-bond donors (Lipinski definition) is 1. The van der Waals surface area contributed by atoms with Gasteiger partial charge in [-0.25, -0.2) is 0 Å². The molecule has 5 heteroatoms. The van der Waals surface area contributed by atoms with Gasteiger partial charge < -0.3 is 14.8 Å². The van der Waals surface area contributed by atoms with Crippen molar-refractivity contribution in [1.82, 2.24) is 10.3 Å². The van der Waals surface area contributed by atoms with Crippen LogP contribution in [0.25, 0.3) is 0 Å². The van der Waals surface area contributed by atoms with Gasteiger partial charge in [-0.1, -0.05) is 0 Å². The summed E-state index contributed by atoms with van der Waals surface area (Å²) in [6.07, 6.45) is 3.49. The monoisotopic (exact) mass is 298 g/mol. The summed E-state index contributed by atoms with van der Waals surface area (Å²) in [5.74, 6) is 1.47. The first-order chi connectivity index (χ1) is 10.8. The lowest BCUT2D eigenvalue weighted by molar-refractivity contribution is 0.0956. The van der Waals surface area contributed by atoms with Gasteiger partial charge in [0.25, 0.3) is 5.91 Å². The Kier molecular flexibility index (Phi) is 4.23. The zero-order chi connectivity index (χ0) is 15.4. The normalized spacial score (nSPS) is 13.8. The minimum atomic E-state index is -0.00382. The van der Waals surface area contributed by atoms with Crippen molar-refractivity contribution >= 4 is 5.91 Å². The van der Waals surface area contributed by atoms with E-state index in [1.54, 1.807) is 13.3 Å². The number of amides is 1. The average molecular weight is 298 g/mol. The van der Waals surface area contributed by atoms with Crippen LogP contribution < -0.4 is 14.8 Å². The maximum Gasteiger partial charge on any atom is 0.251 e. The molecule has 0 saturated heterocycles. The van der Waals surface area contributed by atoms with Crippen LogP contribution in [-0.2, 0) is 13.0 Å². The molecule has 0 bridgehead atoms. The Balaban J connectivity index is 1.70. The predicted octanol–water partition coefficient (Wildman–Crippen LogP) is 2.35. The van der Waals surface area contributed by atoms with Crippen LogP contribution in [-0.4, -0.2) is 24.5 Å². The molecule has 1 amide bonds. The molecule has 5 nitrogen and oxygen atoms in total. The summed E-state index contributed by atoms with van der Waals surface area (Å²) < 4.78 is 10.8. The summed E-state index contributed by atoms with van der Waals surface area (Å²) in [5.41, 5.74) is 2.61. The van der Waals surface area contributed by atoms with Crippen LogP contribution in [0, 0.1) is 0 Å². The fourth-order valence-electron chi connectivity index (χ4n) is 2.44. The molecular weight excluding hydrogens is 280 g/mol. The second-order valence-corrected chi connectivity index (χ2v) is 5.16. The number of methoxy groups -OCH3 is 1. The van der Waals surface area contributed by atoms with Crippen LogP contribution in [0.15, 0.2) is 36.5 Å². The maximum absolute atomic E-state index is 11.9. The molecule has 1 aliphatic rings. The van der Waals surface area contributed by atoms with Crippen molar-refractivity contribution in [2.45, 2.75) is 19.4 Å². The average Bonchev–Trinajstić information content (AvgIpc) is 2.75. The Morgan fingerprint density at radius 2 is 2.09 bits per heavy atom. The van der Waals surface area contributed by atoms with Crippen molar-refractivity contribution in [3.05, 3.63) is 53.3 Å². The lowest BCUT2D eigenvalue weighted by Crippen LogP contribution is -2.22. The molecule has 0 atom stereocenters. The zero-order valence-electron chi connectivity index (χ0n) is 12.5. The van der Waals surface area contributed by atoms with Gasteiger partial charge in [0.1, 0.15) is 18.1 Å². The number of benzene rings is 1. The van der Waals surface area contributed by atoms with Crippen molar-refractivity contribution in [2.24, 2.45) is 0 Å². The molecule has 0 unspecified atom stereocenters. The number of rotatable bonds is 4. The highest BCUT2D eigenvalue weighted by molar-refractivity contribution is 5.96. The summed E-state index contributed by atoms with van der Waals surface area (Å²) in [6, 6.07) is 9.33. The third kappa shape index (κ3) is 3.19. The van der Waals surface area contributed by atoms with Gasteiger partial charge in [0.2, 0.25) is 0 Å². The Morgan fingerprint density at radius 3 is 2.86 bits per heavy atom. The number of nitrogens with one attached hydrogen (secondary N) is 1. The van der Waals surface area contributed by atoms with Crippen molar-refractivity contribution in [3.63, 3.8) is 0 Å². The Morgan fingerprint density at radius 1 is 1.23 bits per heavy atom. The van der Waals surface area contributed by atoms with Gasteiger partial charge in [-0.3, -0.25) is 9.78 Å². The zero-order valence-corrected chi connectivity index (χ0v) is 12.5. The number of carbonyl (C=O) groups excluding carboxylic acids is 1. The molecule has 22 heavy (non-hydrogen) atoms. The number of ether oxygens (including phenoxy) is 2. The summed E-state index contributed by atoms with van der Waals surface area (Å²) in [5, 5.41) is 2.89. The number of pyridine rings is 1. The van der Waals surface area contributed by atoms with Crippen LogP contribution in [0.2, 0.25) is 0 Å². The number of carbonyl (C=O) groups is 1. The Hall–Kier alpha value is -2.56. The van der Waals surface area contributed by atoms with Crippen molar-refractivity contribution in [1.29, 1.82) is 0 Å². The molecule has 1 aliphatic heterocycles. The second-order valence-electron chi connectivity index (χ2n) is 5.16. The Bertz CT molecular complexity index is 668. The summed E-state index contributed by atoms with van der Waals surface area (Å²) >= 11 is 0. The number of nitrogens with zero attached hydrogens (tertiary/aromatic N) is 1. The third-order valence-corrected chi connectivity index (χ3v) is 3.65. The molecular formula is C17H18N2O3. The van der Waals surface area contributed by atoms with Gasteiger partial charge in [0.15, 0.2) is 0 Å². The minimum absolute atomic E-state index is 0.00382. The smallest absolute Gasteiger partial charge is 0.251 e. The van der Waals surface area contributed by atoms with Crippen LogP contribution in [0.4, 0.5) is 0 Å². The first kappa shape index (κ1) is 14.4. The lowest BCUT2D eigenvalue weighted by Gasteiger charge is -2.10. The highest BCUT2D eigenvalue weighted by Gasteiger charge is 2.15. The van der Waals surface area contributed by atoms with E-state index < -0.39 is 0 Å². The molecule has 3 rings (SSSR count). The van der Waals surface area contributed by atoms with Crippen LogP contribution in [0.3, 0.4) is 0 Å². The summed E-state index contributed by atoms with van der Waals surface area (Å²) in [6.45, 7) is 1.11. The lowest BCUT2D eigenvalue weighted by atomic mass is 10.0. The molecule has 2 aromatic rings. The van der Waals surface area contributed by atoms with E-state index in [1.165, 1.54) is 0 Å². The molecule has 0 radical (unpaired) electrons. The SMILES string of the molecule is COc1ccc(COc2ccc3c(c2)CCCNC3=O)nc1. The van der Waals surface area contributed by atoms with Gasteiger partial charge in [-0.05, 0) is 48.7 Å². The fourth-order valence-corrected chi connectivity index (χ4v) is 2.44. The molecule has 0 fully saturated rings. The predicted molar refractivity (Wildman–Crippen MR) is 82.2 cm³/mol. The largest absolute Gasteiger partial charge is 0.495 e. The van der Waals surface area contributed by atoms with Crippen molar-refractivity contribution in [2.75, 3.05) is 13.7 Å². The van der Waals surface area contributed by atoms with Crippen LogP contribution in [0.1, 0.15) is 28.0 Å². The standard InChI is InChI=1S/C17H18N2O3/c1-21-15-5-4-13(19-10-15)11-22-14-6-7-16-12(9-14)3-2-8-18-17(16)20/h4-7,9-10H,2-3,8,11H2,1H3,(H,18,20). The van der Waals surface area contributed by atoms with Gasteiger partial charge in [0.05, 0.1) is 19.0 Å². The number of aryl methyl sites for hydroxylation is 1. The molecule has 1 N–H and O–H groups in total. The molecule has 0 aliphatic carbocycles. The highest BCUT2D eigenvalue weighted by atomic mass is 16.5. The van der Waals surface area contributed by atoms with Gasteiger partial charge >= 0.3 is 0 Å². The van der Waals surface area contributed by atoms with Gasteiger partial charge in [0, 0.05) is 12.1 Å². The molecule has 0 saturated carbocycles. The maximum atomic E-state index is 11.9. The van der Waals surface area contributed by atoms with E-state index in [0.29, 0.717) is 6.61 Å². The van der Waals surface area contributed by atoms with Gasteiger partial charge in [-0.15, -0.1) is 0 Å². The Labute approximate surface area is 129 Å². The minimum Gasteiger partial charge on any atom is -0.495 e. The molecule has 114 valence electrons. The molecule has 2 heterocycles. The van der Waals surface area contributed by atoms with E-state index in [0.717, 1.165) is 47.7 Å². The van der Waals surface area contributed by atoms with Crippen molar-refractivity contribution < 1.29 is 14.3 Å². The highest BCUT2D eigenvalue weighted by Crippen LogP contribution is 2.22. The van der Waals surface area contributed by atoms with Gasteiger partial charge in [-0.2, -0.15) is 0 Å². The fraction of sp³-hybridized carbons (Fsp3) is 0.294. The number of fused-ring (bicyclic) bond motifs is 1. The van der Waals surface area contributed by atoms with E-state index in [9.17, 15) is 4.79 Å². The first-order valence-corrected chi connectivity index (χ1v) is 7.29. The van der Waals surface area contributed by atoms with E-state index >= 15 is 0 Å². The van der Waals surface area contributed by atoms with Crippen molar-refractivity contribution in [3.8, 4) is 11.5 Å². The number of hydrogen-bond acceptors (Lipinski definition) is 4. The summed E-state index contributed by atoms with van der Waals surface area (Å²) in [7, 11) is 1.61. The summed E-state index contributed by atoms with van der Waals surface area (Å²) in [4.78, 5) is 16.1. The molecule has 0 spiro atoms. The quantitative estimate of drug-likeness (QED) is 0.941. The third-order valence-electron chi connectivity index (χ3n) is 3.65. The second kappa shape index (κ2) is 6.47. The van der Waals surface area contributed by atoms with E-state index in [4.69, 9.17) is 9.47 Å². The van der Waals surface area contributed by atoms with E-state index in [2.05, 4.69) is 10.3 Å². The number of aromatic nitrogens is 1. The van der Waals surface area contributed by atoms with E-state index in [1.807, 2.05) is 30.3 Å². The van der Waals surface area contributed by atoms with Crippen LogP contribution >= 0.6 is 0 Å². The van der Waals surface area contributed by atoms with Crippen LogP contribution in [0.5, 0.6) is 11.5 Å². The topological polar surface area (TPSA) is 60.5 Å². The first-order valence-electron chi connectivity index (χ1n) is 7.29.